The molecule has 0 aromatic carbocycles. The first kappa shape index (κ1) is 18.5. The maximum absolute atomic E-state index is 12.1. The molecular formula is C15H30N4O3. The highest BCUT2D eigenvalue weighted by molar-refractivity contribution is 5.73. The smallest absolute Gasteiger partial charge is 0.410 e. The van der Waals surface area contributed by atoms with E-state index in [2.05, 4.69) is 10.6 Å². The first-order chi connectivity index (χ1) is 10.2. The fraction of sp³-hybridized carbons (Fsp3) is 0.867. The molecule has 1 saturated heterocycles. The lowest BCUT2D eigenvalue weighted by Gasteiger charge is -2.28. The summed E-state index contributed by atoms with van der Waals surface area (Å²) in [5, 5.41) is 6.08. The zero-order valence-electron chi connectivity index (χ0n) is 14.4. The Morgan fingerprint density at radius 1 is 1.27 bits per heavy atom. The summed E-state index contributed by atoms with van der Waals surface area (Å²) in [6.07, 6.45) is 1.75. The third kappa shape index (κ3) is 6.51. The second-order valence-electron chi connectivity index (χ2n) is 6.80. The minimum absolute atomic E-state index is 0.0990. The lowest BCUT2D eigenvalue weighted by atomic mass is 10.2. The number of carbonyl (C=O) groups excluding carboxylic acids is 2. The van der Waals surface area contributed by atoms with E-state index in [1.807, 2.05) is 20.8 Å². The Morgan fingerprint density at radius 3 is 2.55 bits per heavy atom. The minimum atomic E-state index is -0.464. The number of urea groups is 1. The zero-order chi connectivity index (χ0) is 16.8. The van der Waals surface area contributed by atoms with Gasteiger partial charge in [0.15, 0.2) is 0 Å². The molecule has 1 unspecified atom stereocenters. The highest BCUT2D eigenvalue weighted by Gasteiger charge is 2.31. The van der Waals surface area contributed by atoms with Crippen LogP contribution in [0.1, 0.15) is 33.6 Å². The molecule has 128 valence electrons. The number of amides is 3. The Kier molecular flexibility index (Phi) is 6.93. The SMILES string of the molecule is CN(C)C(=O)NCCNCC1CCCN1C(=O)OC(C)(C)C. The Bertz CT molecular complexity index is 379. The quantitative estimate of drug-likeness (QED) is 0.749. The van der Waals surface area contributed by atoms with Crippen LogP contribution in [0.5, 0.6) is 0 Å². The van der Waals surface area contributed by atoms with Crippen LogP contribution in [0, 0.1) is 0 Å². The van der Waals surface area contributed by atoms with Crippen molar-refractivity contribution in [1.29, 1.82) is 0 Å². The van der Waals surface area contributed by atoms with E-state index in [1.54, 1.807) is 19.0 Å². The molecule has 22 heavy (non-hydrogen) atoms. The molecule has 1 fully saturated rings. The van der Waals surface area contributed by atoms with E-state index in [-0.39, 0.29) is 18.2 Å². The average molecular weight is 314 g/mol. The van der Waals surface area contributed by atoms with Crippen LogP contribution in [-0.2, 0) is 4.74 Å². The summed E-state index contributed by atoms with van der Waals surface area (Å²) in [7, 11) is 3.42. The molecule has 3 amide bonds. The standard InChI is InChI=1S/C15H30N4O3/c1-15(2,3)22-14(21)19-10-6-7-12(19)11-16-8-9-17-13(20)18(4)5/h12,16H,6-11H2,1-5H3,(H,17,20). The van der Waals surface area contributed by atoms with Gasteiger partial charge in [-0.25, -0.2) is 9.59 Å². The van der Waals surface area contributed by atoms with Gasteiger partial charge in [0.05, 0.1) is 0 Å². The molecule has 0 radical (unpaired) electrons. The Hall–Kier alpha value is -1.50. The number of nitrogens with one attached hydrogen (secondary N) is 2. The molecule has 0 aromatic heterocycles. The Morgan fingerprint density at radius 2 is 1.95 bits per heavy atom. The molecule has 0 spiro atoms. The van der Waals surface area contributed by atoms with E-state index in [4.69, 9.17) is 4.74 Å². The highest BCUT2D eigenvalue weighted by atomic mass is 16.6. The van der Waals surface area contributed by atoms with Crippen molar-refractivity contribution < 1.29 is 14.3 Å². The van der Waals surface area contributed by atoms with E-state index in [0.717, 1.165) is 25.9 Å². The van der Waals surface area contributed by atoms with E-state index in [9.17, 15) is 9.59 Å². The Balaban J connectivity index is 2.27. The molecule has 0 aromatic rings. The first-order valence-electron chi connectivity index (χ1n) is 7.86. The van der Waals surface area contributed by atoms with Gasteiger partial charge in [-0.3, -0.25) is 0 Å². The van der Waals surface area contributed by atoms with Gasteiger partial charge in [-0.1, -0.05) is 0 Å². The van der Waals surface area contributed by atoms with E-state index >= 15 is 0 Å². The number of ether oxygens (including phenoxy) is 1. The number of hydrogen-bond acceptors (Lipinski definition) is 4. The van der Waals surface area contributed by atoms with Crippen LogP contribution in [0.2, 0.25) is 0 Å². The minimum Gasteiger partial charge on any atom is -0.444 e. The molecule has 0 bridgehead atoms. The van der Waals surface area contributed by atoms with E-state index < -0.39 is 5.60 Å². The molecule has 1 aliphatic heterocycles. The lowest BCUT2D eigenvalue weighted by Crippen LogP contribution is -2.45. The van der Waals surface area contributed by atoms with Gasteiger partial charge in [0.2, 0.25) is 0 Å². The summed E-state index contributed by atoms with van der Waals surface area (Å²) in [6.45, 7) is 8.34. The van der Waals surface area contributed by atoms with E-state index in [1.165, 1.54) is 4.90 Å². The summed E-state index contributed by atoms with van der Waals surface area (Å²) >= 11 is 0. The van der Waals surface area contributed by atoms with Crippen LogP contribution in [0.25, 0.3) is 0 Å². The Labute approximate surface area is 133 Å². The summed E-state index contributed by atoms with van der Waals surface area (Å²) < 4.78 is 5.43. The van der Waals surface area contributed by atoms with Crippen molar-refractivity contribution in [2.45, 2.75) is 45.3 Å². The van der Waals surface area contributed by atoms with Gasteiger partial charge in [0.1, 0.15) is 5.60 Å². The topological polar surface area (TPSA) is 73.9 Å². The van der Waals surface area contributed by atoms with Crippen LogP contribution in [0.15, 0.2) is 0 Å². The van der Waals surface area contributed by atoms with Gasteiger partial charge in [-0.05, 0) is 33.6 Å². The second kappa shape index (κ2) is 8.22. The number of nitrogens with zero attached hydrogens (tertiary/aromatic N) is 2. The molecule has 1 atom stereocenters. The summed E-state index contributed by atoms with van der Waals surface area (Å²) in [4.78, 5) is 26.8. The number of likely N-dealkylation sites (tertiary alicyclic amines) is 1. The van der Waals surface area contributed by atoms with E-state index in [0.29, 0.717) is 13.1 Å². The normalized spacial score (nSPS) is 18.2. The van der Waals surface area contributed by atoms with Crippen LogP contribution >= 0.6 is 0 Å². The number of hydrogen-bond donors (Lipinski definition) is 2. The van der Waals surface area contributed by atoms with Gasteiger partial charge in [0, 0.05) is 46.3 Å². The van der Waals surface area contributed by atoms with Crippen molar-refractivity contribution in [2.75, 3.05) is 40.3 Å². The molecule has 7 heteroatoms. The van der Waals surface area contributed by atoms with Gasteiger partial charge in [-0.2, -0.15) is 0 Å². The van der Waals surface area contributed by atoms with Gasteiger partial charge >= 0.3 is 12.1 Å². The lowest BCUT2D eigenvalue weighted by molar-refractivity contribution is 0.0227. The predicted octanol–water partition coefficient (Wildman–Crippen LogP) is 1.25. The van der Waals surface area contributed by atoms with Crippen LogP contribution in [0.3, 0.4) is 0 Å². The number of rotatable bonds is 5. The number of carbonyl (C=O) groups is 2. The fourth-order valence-electron chi connectivity index (χ4n) is 2.29. The van der Waals surface area contributed by atoms with Crippen molar-refractivity contribution >= 4 is 12.1 Å². The van der Waals surface area contributed by atoms with Crippen molar-refractivity contribution in [1.82, 2.24) is 20.4 Å². The molecule has 7 nitrogen and oxygen atoms in total. The molecular weight excluding hydrogens is 284 g/mol. The van der Waals surface area contributed by atoms with Crippen molar-refractivity contribution in [3.05, 3.63) is 0 Å². The second-order valence-corrected chi connectivity index (χ2v) is 6.80. The molecule has 1 heterocycles. The monoisotopic (exact) mass is 314 g/mol. The predicted molar refractivity (Wildman–Crippen MR) is 85.9 cm³/mol. The first-order valence-corrected chi connectivity index (χ1v) is 7.86. The third-order valence-electron chi connectivity index (χ3n) is 3.37. The molecule has 1 aliphatic rings. The molecule has 2 N–H and O–H groups in total. The van der Waals surface area contributed by atoms with Crippen molar-refractivity contribution in [2.24, 2.45) is 0 Å². The fourth-order valence-corrected chi connectivity index (χ4v) is 2.29. The largest absolute Gasteiger partial charge is 0.444 e. The van der Waals surface area contributed by atoms with Crippen molar-refractivity contribution in [3.8, 4) is 0 Å². The van der Waals surface area contributed by atoms with Crippen molar-refractivity contribution in [3.63, 3.8) is 0 Å². The highest BCUT2D eigenvalue weighted by Crippen LogP contribution is 2.20. The summed E-state index contributed by atoms with van der Waals surface area (Å²) in [5.41, 5.74) is -0.464. The summed E-state index contributed by atoms with van der Waals surface area (Å²) in [5.74, 6) is 0. The molecule has 0 saturated carbocycles. The third-order valence-corrected chi connectivity index (χ3v) is 3.37. The van der Waals surface area contributed by atoms with Crippen LogP contribution in [-0.4, -0.2) is 73.8 Å². The van der Waals surface area contributed by atoms with Gasteiger partial charge in [0.25, 0.3) is 0 Å². The molecule has 1 rings (SSSR count). The van der Waals surface area contributed by atoms with Crippen LogP contribution in [0.4, 0.5) is 9.59 Å². The maximum Gasteiger partial charge on any atom is 0.410 e. The zero-order valence-corrected chi connectivity index (χ0v) is 14.4. The van der Waals surface area contributed by atoms with Gasteiger partial charge < -0.3 is 25.2 Å². The summed E-state index contributed by atoms with van der Waals surface area (Å²) in [6, 6.07) is 0.0671. The maximum atomic E-state index is 12.1. The molecule has 0 aliphatic carbocycles. The average Bonchev–Trinajstić information content (AvgIpc) is 2.84. The van der Waals surface area contributed by atoms with Crippen LogP contribution < -0.4 is 10.6 Å². The van der Waals surface area contributed by atoms with Gasteiger partial charge in [-0.15, -0.1) is 0 Å².